The van der Waals surface area contributed by atoms with Gasteiger partial charge in [0.05, 0.1) is 6.54 Å². The summed E-state index contributed by atoms with van der Waals surface area (Å²) in [5.41, 5.74) is 0.831. The summed E-state index contributed by atoms with van der Waals surface area (Å²) in [6.07, 6.45) is -1.12. The van der Waals surface area contributed by atoms with Crippen molar-refractivity contribution in [3.05, 3.63) is 35.9 Å². The Bertz CT molecular complexity index is 546. The molecule has 1 heterocycles. The average Bonchev–Trinajstić information content (AvgIpc) is 2.69. The fourth-order valence-electron chi connectivity index (χ4n) is 2.24. The van der Waals surface area contributed by atoms with Gasteiger partial charge in [-0.05, 0) is 12.0 Å². The van der Waals surface area contributed by atoms with Crippen LogP contribution in [0.1, 0.15) is 18.4 Å². The molecule has 0 spiro atoms. The minimum absolute atomic E-state index is 0.0470. The van der Waals surface area contributed by atoms with Crippen LogP contribution in [0.5, 0.6) is 0 Å². The second-order valence-electron chi connectivity index (χ2n) is 5.06. The number of amides is 2. The fraction of sp³-hybridized carbons (Fsp3) is 0.400. The summed E-state index contributed by atoms with van der Waals surface area (Å²) in [4.78, 5) is 35.8. The molecule has 0 aliphatic carbocycles. The fourth-order valence-corrected chi connectivity index (χ4v) is 2.24. The Morgan fingerprint density at radius 3 is 2.73 bits per heavy atom. The highest BCUT2D eigenvalue weighted by Gasteiger charge is 2.28. The Kier molecular flexibility index (Phi) is 5.35. The first kappa shape index (κ1) is 15.8. The van der Waals surface area contributed by atoms with Crippen LogP contribution in [-0.4, -0.2) is 47.1 Å². The van der Waals surface area contributed by atoms with Gasteiger partial charge in [-0.3, -0.25) is 4.79 Å². The van der Waals surface area contributed by atoms with Gasteiger partial charge in [0, 0.05) is 13.0 Å². The standard InChI is InChI=1S/C15H18N2O5/c18-13-7-4-8-17(15(20)21)9-12(13)16-14(19)22-10-11-5-2-1-3-6-11/h1-3,5-6,12H,4,7-10H2,(H,16,19)(H,20,21). The summed E-state index contributed by atoms with van der Waals surface area (Å²) >= 11 is 0. The van der Waals surface area contributed by atoms with E-state index in [2.05, 4.69) is 5.32 Å². The Hall–Kier alpha value is -2.57. The molecular formula is C15H18N2O5. The molecule has 2 rings (SSSR count). The van der Waals surface area contributed by atoms with Crippen molar-refractivity contribution in [3.8, 4) is 0 Å². The van der Waals surface area contributed by atoms with Crippen molar-refractivity contribution in [2.45, 2.75) is 25.5 Å². The zero-order chi connectivity index (χ0) is 15.9. The zero-order valence-corrected chi connectivity index (χ0v) is 12.0. The smallest absolute Gasteiger partial charge is 0.408 e. The molecule has 7 nitrogen and oxygen atoms in total. The maximum absolute atomic E-state index is 11.9. The van der Waals surface area contributed by atoms with Gasteiger partial charge in [-0.1, -0.05) is 30.3 Å². The van der Waals surface area contributed by atoms with Gasteiger partial charge in [-0.25, -0.2) is 9.59 Å². The first-order chi connectivity index (χ1) is 10.6. The summed E-state index contributed by atoms with van der Waals surface area (Å²) in [5.74, 6) is -0.180. The van der Waals surface area contributed by atoms with E-state index in [0.717, 1.165) is 10.5 Å². The molecule has 2 amide bonds. The van der Waals surface area contributed by atoms with E-state index >= 15 is 0 Å². The summed E-state index contributed by atoms with van der Waals surface area (Å²) in [6.45, 7) is 0.336. The van der Waals surface area contributed by atoms with Crippen molar-refractivity contribution in [2.24, 2.45) is 0 Å². The normalized spacial score (nSPS) is 18.5. The van der Waals surface area contributed by atoms with Crippen molar-refractivity contribution >= 4 is 18.0 Å². The third-order valence-corrected chi connectivity index (χ3v) is 3.42. The second-order valence-corrected chi connectivity index (χ2v) is 5.06. The van der Waals surface area contributed by atoms with Crippen LogP contribution >= 0.6 is 0 Å². The Morgan fingerprint density at radius 1 is 1.32 bits per heavy atom. The van der Waals surface area contributed by atoms with E-state index in [4.69, 9.17) is 9.84 Å². The lowest BCUT2D eigenvalue weighted by Crippen LogP contribution is -2.48. The molecule has 0 bridgehead atoms. The molecule has 22 heavy (non-hydrogen) atoms. The van der Waals surface area contributed by atoms with Crippen LogP contribution in [0.15, 0.2) is 30.3 Å². The molecule has 0 radical (unpaired) electrons. The van der Waals surface area contributed by atoms with Gasteiger partial charge in [-0.2, -0.15) is 0 Å². The van der Waals surface area contributed by atoms with Crippen molar-refractivity contribution < 1.29 is 24.2 Å². The highest BCUT2D eigenvalue weighted by atomic mass is 16.5. The molecule has 1 saturated heterocycles. The molecule has 1 aromatic rings. The topological polar surface area (TPSA) is 95.9 Å². The van der Waals surface area contributed by atoms with Crippen LogP contribution in [0.3, 0.4) is 0 Å². The number of benzene rings is 1. The number of nitrogens with zero attached hydrogens (tertiary/aromatic N) is 1. The van der Waals surface area contributed by atoms with Crippen LogP contribution in [0.4, 0.5) is 9.59 Å². The van der Waals surface area contributed by atoms with Gasteiger partial charge in [0.25, 0.3) is 0 Å². The summed E-state index contributed by atoms with van der Waals surface area (Å²) < 4.78 is 5.05. The minimum atomic E-state index is -1.10. The number of carboxylic acid groups (broad SMARTS) is 1. The number of ether oxygens (including phenoxy) is 1. The van der Waals surface area contributed by atoms with E-state index in [1.54, 1.807) is 0 Å². The summed E-state index contributed by atoms with van der Waals surface area (Å²) in [6, 6.07) is 8.29. The second kappa shape index (κ2) is 7.44. The maximum atomic E-state index is 11.9. The van der Waals surface area contributed by atoms with Gasteiger partial charge >= 0.3 is 12.2 Å². The van der Waals surface area contributed by atoms with Crippen LogP contribution in [0.2, 0.25) is 0 Å². The molecule has 118 valence electrons. The number of hydrogen-bond acceptors (Lipinski definition) is 4. The lowest BCUT2D eigenvalue weighted by atomic mass is 10.1. The Labute approximate surface area is 127 Å². The van der Waals surface area contributed by atoms with Crippen LogP contribution in [0, 0.1) is 0 Å². The molecule has 1 atom stereocenters. The lowest BCUT2D eigenvalue weighted by molar-refractivity contribution is -0.120. The van der Waals surface area contributed by atoms with Gasteiger partial charge in [0.15, 0.2) is 5.78 Å². The largest absolute Gasteiger partial charge is 0.465 e. The molecule has 1 unspecified atom stereocenters. The van der Waals surface area contributed by atoms with Gasteiger partial charge < -0.3 is 20.1 Å². The quantitative estimate of drug-likeness (QED) is 0.884. The van der Waals surface area contributed by atoms with Crippen molar-refractivity contribution in [2.75, 3.05) is 13.1 Å². The predicted molar refractivity (Wildman–Crippen MR) is 77.4 cm³/mol. The minimum Gasteiger partial charge on any atom is -0.465 e. The van der Waals surface area contributed by atoms with Gasteiger partial charge in [0.1, 0.15) is 12.6 Å². The SMILES string of the molecule is O=C(NC1CN(C(=O)O)CCCC1=O)OCc1ccccc1. The monoisotopic (exact) mass is 306 g/mol. The molecule has 1 aliphatic heterocycles. The lowest BCUT2D eigenvalue weighted by Gasteiger charge is -2.21. The molecule has 0 aromatic heterocycles. The number of hydrogen-bond donors (Lipinski definition) is 2. The average molecular weight is 306 g/mol. The molecule has 7 heteroatoms. The number of nitrogens with one attached hydrogen (secondary N) is 1. The third kappa shape index (κ3) is 4.47. The Morgan fingerprint density at radius 2 is 2.05 bits per heavy atom. The predicted octanol–water partition coefficient (Wildman–Crippen LogP) is 1.62. The van der Waals surface area contributed by atoms with Crippen molar-refractivity contribution in [1.29, 1.82) is 0 Å². The summed E-state index contributed by atoms with van der Waals surface area (Å²) in [7, 11) is 0. The molecule has 0 saturated carbocycles. The highest BCUT2D eigenvalue weighted by Crippen LogP contribution is 2.09. The van der Waals surface area contributed by atoms with Gasteiger partial charge in [-0.15, -0.1) is 0 Å². The van der Waals surface area contributed by atoms with E-state index in [0.29, 0.717) is 6.42 Å². The zero-order valence-electron chi connectivity index (χ0n) is 12.0. The first-order valence-electron chi connectivity index (χ1n) is 7.04. The van der Waals surface area contributed by atoms with Crippen LogP contribution in [0.25, 0.3) is 0 Å². The number of likely N-dealkylation sites (tertiary alicyclic amines) is 1. The Balaban J connectivity index is 1.88. The van der Waals surface area contributed by atoms with E-state index in [1.807, 2.05) is 30.3 Å². The molecule has 1 aliphatic rings. The third-order valence-electron chi connectivity index (χ3n) is 3.42. The van der Waals surface area contributed by atoms with E-state index in [1.165, 1.54) is 0 Å². The molecule has 2 N–H and O–H groups in total. The molecular weight excluding hydrogens is 288 g/mol. The number of carbonyl (C=O) groups is 3. The molecule has 1 fully saturated rings. The maximum Gasteiger partial charge on any atom is 0.408 e. The number of carbonyl (C=O) groups excluding carboxylic acids is 2. The highest BCUT2D eigenvalue weighted by molar-refractivity contribution is 5.88. The van der Waals surface area contributed by atoms with E-state index in [-0.39, 0.29) is 31.9 Å². The number of ketones is 1. The molecule has 1 aromatic carbocycles. The van der Waals surface area contributed by atoms with Crippen LogP contribution < -0.4 is 5.32 Å². The van der Waals surface area contributed by atoms with E-state index in [9.17, 15) is 14.4 Å². The van der Waals surface area contributed by atoms with Crippen LogP contribution in [-0.2, 0) is 16.1 Å². The number of Topliss-reactive ketones (excluding diaryl/α,β-unsaturated/α-hetero) is 1. The first-order valence-corrected chi connectivity index (χ1v) is 7.04. The van der Waals surface area contributed by atoms with E-state index < -0.39 is 18.2 Å². The number of alkyl carbamates (subject to hydrolysis) is 1. The van der Waals surface area contributed by atoms with Gasteiger partial charge in [0.2, 0.25) is 0 Å². The van der Waals surface area contributed by atoms with Crippen molar-refractivity contribution in [1.82, 2.24) is 10.2 Å². The summed E-state index contributed by atoms with van der Waals surface area (Å²) in [5, 5.41) is 11.5. The van der Waals surface area contributed by atoms with Crippen molar-refractivity contribution in [3.63, 3.8) is 0 Å². The number of rotatable bonds is 3.